The molecule has 0 heteroatoms. The molecule has 0 aliphatic rings. The maximum Gasteiger partial charge on any atom is -0.0196 e. The van der Waals surface area contributed by atoms with Gasteiger partial charge >= 0.3 is 0 Å². The van der Waals surface area contributed by atoms with Crippen molar-refractivity contribution in [3.05, 3.63) is 110 Å². The normalized spacial score (nSPS) is 11.7. The number of hydrogen-bond donors (Lipinski definition) is 0. The zero-order valence-corrected chi connectivity index (χ0v) is 28.1. The zero-order chi connectivity index (χ0) is 31.2. The summed E-state index contributed by atoms with van der Waals surface area (Å²) in [5.41, 5.74) is 6.77. The minimum Gasteiger partial charge on any atom is -0.106 e. The van der Waals surface area contributed by atoms with Crippen LogP contribution in [0.25, 0.3) is 0 Å². The first-order valence-corrected chi connectivity index (χ1v) is 14.7. The summed E-state index contributed by atoms with van der Waals surface area (Å²) in [5.74, 6) is 0.748. The topological polar surface area (TPSA) is 0 Å². The molecule has 0 aliphatic carbocycles. The monoisotopic (exact) mass is 525 g/mol. The lowest BCUT2D eigenvalue weighted by Gasteiger charge is -2.25. The van der Waals surface area contributed by atoms with Crippen LogP contribution in [-0.2, 0) is 0 Å². The SMILES string of the molecule is C=C.C=C/C(=C\C=C(C)C)C(=C)/C=C\C(C)=C(/C)CC(C)CC.C=CC=C.CC.CCCC(C)(CC)CC. The Bertz CT molecular complexity index is 703. The molecule has 0 nitrogen and oxygen atoms in total. The molecule has 0 rings (SSSR count). The van der Waals surface area contributed by atoms with Crippen LogP contribution in [0.15, 0.2) is 110 Å². The highest BCUT2D eigenvalue weighted by Gasteiger charge is 2.17. The lowest BCUT2D eigenvalue weighted by atomic mass is 9.81. The Morgan fingerprint density at radius 2 is 1.29 bits per heavy atom. The molecule has 0 fully saturated rings. The predicted molar refractivity (Wildman–Crippen MR) is 185 cm³/mol. The van der Waals surface area contributed by atoms with Crippen molar-refractivity contribution in [3.8, 4) is 0 Å². The molecule has 0 aliphatic heterocycles. The van der Waals surface area contributed by atoms with Crippen molar-refractivity contribution in [1.82, 2.24) is 0 Å². The van der Waals surface area contributed by atoms with E-state index in [0.717, 1.165) is 17.1 Å². The van der Waals surface area contributed by atoms with Crippen LogP contribution in [0.5, 0.6) is 0 Å². The molecule has 38 heavy (non-hydrogen) atoms. The zero-order valence-electron chi connectivity index (χ0n) is 28.1. The minimum absolute atomic E-state index is 0.634. The van der Waals surface area contributed by atoms with Crippen molar-refractivity contribution in [1.29, 1.82) is 0 Å². The van der Waals surface area contributed by atoms with Gasteiger partial charge in [-0.3, -0.25) is 0 Å². The molecule has 1 atom stereocenters. The van der Waals surface area contributed by atoms with E-state index in [0.29, 0.717) is 5.41 Å². The molecule has 0 bridgehead atoms. The average molecular weight is 525 g/mol. The molecule has 0 amide bonds. The Kier molecular flexibility index (Phi) is 39.2. The molecule has 0 spiro atoms. The van der Waals surface area contributed by atoms with Gasteiger partial charge in [-0.25, -0.2) is 0 Å². The molecule has 0 heterocycles. The summed E-state index contributed by atoms with van der Waals surface area (Å²) in [6.07, 6.45) is 21.3. The molecule has 1 unspecified atom stereocenters. The van der Waals surface area contributed by atoms with Gasteiger partial charge in [-0.15, -0.1) is 13.2 Å². The summed E-state index contributed by atoms with van der Waals surface area (Å²) in [7, 11) is 0. The number of rotatable bonds is 13. The van der Waals surface area contributed by atoms with E-state index in [1.807, 2.05) is 19.9 Å². The lowest BCUT2D eigenvalue weighted by molar-refractivity contribution is 0.270. The first-order valence-electron chi connectivity index (χ1n) is 14.7. The quantitative estimate of drug-likeness (QED) is 0.166. The second kappa shape index (κ2) is 32.7. The summed E-state index contributed by atoms with van der Waals surface area (Å²) in [4.78, 5) is 0. The van der Waals surface area contributed by atoms with Crippen molar-refractivity contribution in [2.45, 2.75) is 122 Å². The number of hydrogen-bond acceptors (Lipinski definition) is 0. The summed E-state index contributed by atoms with van der Waals surface area (Å²) in [6, 6.07) is 0. The van der Waals surface area contributed by atoms with Crippen molar-refractivity contribution in [2.75, 3.05) is 0 Å². The van der Waals surface area contributed by atoms with Gasteiger partial charge in [0.05, 0.1) is 0 Å². The van der Waals surface area contributed by atoms with Crippen LogP contribution in [0.2, 0.25) is 0 Å². The Balaban J connectivity index is -0.000000176. The van der Waals surface area contributed by atoms with E-state index in [4.69, 9.17) is 0 Å². The maximum absolute atomic E-state index is 4.13. The van der Waals surface area contributed by atoms with Crippen LogP contribution in [0.3, 0.4) is 0 Å². The number of allylic oxidation sites excluding steroid dienone is 12. The first kappa shape index (κ1) is 45.6. The highest BCUT2D eigenvalue weighted by atomic mass is 14.2. The van der Waals surface area contributed by atoms with E-state index in [9.17, 15) is 0 Å². The van der Waals surface area contributed by atoms with E-state index in [1.165, 1.54) is 55.2 Å². The summed E-state index contributed by atoms with van der Waals surface area (Å²) in [5, 5.41) is 0. The summed E-state index contributed by atoms with van der Waals surface area (Å²) < 4.78 is 0. The average Bonchev–Trinajstić information content (AvgIpc) is 2.94. The van der Waals surface area contributed by atoms with Crippen molar-refractivity contribution >= 4 is 0 Å². The van der Waals surface area contributed by atoms with Crippen LogP contribution in [0.4, 0.5) is 0 Å². The highest BCUT2D eigenvalue weighted by molar-refractivity contribution is 5.47. The smallest absolute Gasteiger partial charge is 0.0196 e. The molecule has 0 aromatic carbocycles. The largest absolute Gasteiger partial charge is 0.106 e. The van der Waals surface area contributed by atoms with Gasteiger partial charge in [0.15, 0.2) is 0 Å². The first-order chi connectivity index (χ1) is 17.9. The standard InChI is InChI=1S/C21H32.C9H20.C4H6.C2H6.C2H4/c1-9-17(5)15-20(8)18(6)12-13-19(7)21(10-2)14-11-16(3)4;1-5-8-9(4,6-2)7-3;1-3-4-2;2*1-2/h10-14,17H,2,7,9,15H2,1,3-6,8H3;5-8H2,1-4H3;3-4H,1-2H2;1-2H3;1-2H2/b13-12-,20-18+,21-14+;;;;. The predicted octanol–water partition coefficient (Wildman–Crippen LogP) is 13.7. The third kappa shape index (κ3) is 29.9. The van der Waals surface area contributed by atoms with Gasteiger partial charge in [0.2, 0.25) is 0 Å². The Morgan fingerprint density at radius 1 is 0.816 bits per heavy atom. The maximum atomic E-state index is 4.13. The molecule has 0 saturated heterocycles. The fourth-order valence-electron chi connectivity index (χ4n) is 3.06. The molecule has 0 aromatic rings. The molecule has 0 aromatic heterocycles. The van der Waals surface area contributed by atoms with Gasteiger partial charge in [0.25, 0.3) is 0 Å². The molecule has 0 saturated carbocycles. The van der Waals surface area contributed by atoms with E-state index >= 15 is 0 Å². The fraction of sp³-hybridized carbons (Fsp3) is 0.526. The fourth-order valence-corrected chi connectivity index (χ4v) is 3.06. The third-order valence-electron chi connectivity index (χ3n) is 6.47. The molecule has 0 N–H and O–H groups in total. The highest BCUT2D eigenvalue weighted by Crippen LogP contribution is 2.30. The molecular formula is C38H68. The third-order valence-corrected chi connectivity index (χ3v) is 6.47. The van der Waals surface area contributed by atoms with Crippen LogP contribution < -0.4 is 0 Å². The van der Waals surface area contributed by atoms with Crippen LogP contribution in [-0.4, -0.2) is 0 Å². The van der Waals surface area contributed by atoms with Crippen LogP contribution in [0.1, 0.15) is 122 Å². The van der Waals surface area contributed by atoms with E-state index in [2.05, 4.69) is 133 Å². The lowest BCUT2D eigenvalue weighted by Crippen LogP contribution is -2.12. The second-order valence-corrected chi connectivity index (χ2v) is 9.85. The van der Waals surface area contributed by atoms with Crippen molar-refractivity contribution in [2.24, 2.45) is 11.3 Å². The Morgan fingerprint density at radius 3 is 1.58 bits per heavy atom. The summed E-state index contributed by atoms with van der Waals surface area (Å²) in [6.45, 7) is 47.1. The van der Waals surface area contributed by atoms with Gasteiger partial charge in [-0.1, -0.05) is 167 Å². The van der Waals surface area contributed by atoms with Gasteiger partial charge in [0.1, 0.15) is 0 Å². The molecular weight excluding hydrogens is 456 g/mol. The second-order valence-electron chi connectivity index (χ2n) is 9.85. The molecule has 220 valence electrons. The van der Waals surface area contributed by atoms with Crippen LogP contribution >= 0.6 is 0 Å². The van der Waals surface area contributed by atoms with Gasteiger partial charge in [0, 0.05) is 0 Å². The minimum atomic E-state index is 0.634. The van der Waals surface area contributed by atoms with Crippen LogP contribution in [0, 0.1) is 11.3 Å². The van der Waals surface area contributed by atoms with E-state index in [1.54, 1.807) is 12.2 Å². The Hall–Kier alpha value is -2.34. The molecule has 0 radical (unpaired) electrons. The van der Waals surface area contributed by atoms with Crippen molar-refractivity contribution < 1.29 is 0 Å². The van der Waals surface area contributed by atoms with Gasteiger partial charge in [-0.05, 0) is 63.0 Å². The Labute approximate surface area is 242 Å². The van der Waals surface area contributed by atoms with Crippen molar-refractivity contribution in [3.63, 3.8) is 0 Å². The van der Waals surface area contributed by atoms with E-state index in [-0.39, 0.29) is 0 Å². The summed E-state index contributed by atoms with van der Waals surface area (Å²) >= 11 is 0. The van der Waals surface area contributed by atoms with Gasteiger partial charge < -0.3 is 0 Å². The van der Waals surface area contributed by atoms with Gasteiger partial charge in [-0.2, -0.15) is 0 Å². The van der Waals surface area contributed by atoms with E-state index < -0.39 is 0 Å².